The van der Waals surface area contributed by atoms with Crippen LogP contribution in [0.3, 0.4) is 0 Å². The summed E-state index contributed by atoms with van der Waals surface area (Å²) in [6, 6.07) is 3.09. The second-order valence-electron chi connectivity index (χ2n) is 9.00. The number of morpholine rings is 1. The Morgan fingerprint density at radius 1 is 1.36 bits per heavy atom. The van der Waals surface area contributed by atoms with Gasteiger partial charge in [0.05, 0.1) is 24.9 Å². The standard InChI is InChI=1S/C26H28ClFN4O6S/c1-2-37-26(36)22-20(14-32-8-9-38-17(13-32)5-4-16(33)12-21(34)35)30-24(25-29-7-10-39-25)31-23(22)18-6-3-15(28)11-19(18)27/h3,6-7,10-11,17,23H,2,4-5,8-9,12-14H2,1H3,(H,30,31)(H,34,35)/t17-,23+/m1/s1. The number of carbonyl (C=O) groups excluding carboxylic acids is 2. The van der Waals surface area contributed by atoms with Crippen LogP contribution in [0.2, 0.25) is 5.02 Å². The largest absolute Gasteiger partial charge is 0.481 e. The minimum Gasteiger partial charge on any atom is -0.481 e. The first kappa shape index (κ1) is 28.8. The zero-order chi connectivity index (χ0) is 27.9. The summed E-state index contributed by atoms with van der Waals surface area (Å²) in [5.74, 6) is -2.14. The third-order valence-electron chi connectivity index (χ3n) is 6.21. The Hall–Kier alpha value is -3.19. The molecule has 0 radical (unpaired) electrons. The molecule has 10 nitrogen and oxygen atoms in total. The monoisotopic (exact) mass is 578 g/mol. The zero-order valence-corrected chi connectivity index (χ0v) is 22.8. The van der Waals surface area contributed by atoms with Gasteiger partial charge in [0.15, 0.2) is 10.8 Å². The van der Waals surface area contributed by atoms with E-state index in [2.05, 4.69) is 15.2 Å². The van der Waals surface area contributed by atoms with Crippen LogP contribution < -0.4 is 5.32 Å². The number of benzene rings is 1. The lowest BCUT2D eigenvalue weighted by molar-refractivity contribution is -0.141. The summed E-state index contributed by atoms with van der Waals surface area (Å²) in [4.78, 5) is 47.1. The number of nitrogens with one attached hydrogen (secondary N) is 1. The molecule has 2 aromatic rings. The lowest BCUT2D eigenvalue weighted by Crippen LogP contribution is -2.46. The van der Waals surface area contributed by atoms with E-state index in [-0.39, 0.29) is 35.5 Å². The van der Waals surface area contributed by atoms with Gasteiger partial charge < -0.3 is 19.9 Å². The molecule has 1 aromatic heterocycles. The van der Waals surface area contributed by atoms with Gasteiger partial charge in [0.2, 0.25) is 0 Å². The summed E-state index contributed by atoms with van der Waals surface area (Å²) >= 11 is 7.80. The molecule has 1 aromatic carbocycles. The molecule has 0 unspecified atom stereocenters. The average Bonchev–Trinajstić information content (AvgIpc) is 3.42. The topological polar surface area (TPSA) is 130 Å². The number of hydrogen-bond donors (Lipinski definition) is 2. The molecule has 0 bridgehead atoms. The van der Waals surface area contributed by atoms with Crippen molar-refractivity contribution in [1.82, 2.24) is 15.2 Å². The van der Waals surface area contributed by atoms with E-state index >= 15 is 0 Å². The van der Waals surface area contributed by atoms with E-state index in [1.54, 1.807) is 13.1 Å². The van der Waals surface area contributed by atoms with Crippen molar-refractivity contribution >= 4 is 46.5 Å². The summed E-state index contributed by atoms with van der Waals surface area (Å²) in [6.45, 7) is 3.58. The van der Waals surface area contributed by atoms with E-state index in [1.165, 1.54) is 29.5 Å². The second kappa shape index (κ2) is 13.2. The highest BCUT2D eigenvalue weighted by atomic mass is 35.5. The number of ketones is 1. The number of aliphatic imine (C=N–C) groups is 1. The van der Waals surface area contributed by atoms with Crippen LogP contribution in [0.5, 0.6) is 0 Å². The van der Waals surface area contributed by atoms with E-state index in [4.69, 9.17) is 31.2 Å². The first-order valence-corrected chi connectivity index (χ1v) is 13.7. The molecule has 1 fully saturated rings. The molecule has 0 spiro atoms. The SMILES string of the molecule is CCOC(=O)C1=C(CN2CCO[C@H](CCC(=O)CC(=O)O)C2)NC(c2nccs2)=N[C@H]1c1ccc(F)cc1Cl. The van der Waals surface area contributed by atoms with Crippen LogP contribution in [0.4, 0.5) is 4.39 Å². The maximum absolute atomic E-state index is 13.9. The Bertz CT molecular complexity index is 1290. The summed E-state index contributed by atoms with van der Waals surface area (Å²) in [5.41, 5.74) is 1.25. The maximum atomic E-state index is 13.9. The number of ether oxygens (including phenoxy) is 2. The van der Waals surface area contributed by atoms with E-state index < -0.39 is 30.2 Å². The van der Waals surface area contributed by atoms with Crippen molar-refractivity contribution in [3.05, 3.63) is 62.5 Å². The number of aliphatic carboxylic acids is 1. The molecule has 2 atom stereocenters. The molecule has 2 aliphatic heterocycles. The van der Waals surface area contributed by atoms with Gasteiger partial charge in [-0.15, -0.1) is 11.3 Å². The van der Waals surface area contributed by atoms with Gasteiger partial charge in [-0.25, -0.2) is 14.2 Å². The number of halogens is 2. The molecule has 2 aliphatic rings. The smallest absolute Gasteiger partial charge is 0.338 e. The molecule has 39 heavy (non-hydrogen) atoms. The van der Waals surface area contributed by atoms with Crippen molar-refractivity contribution in [2.24, 2.45) is 4.99 Å². The summed E-state index contributed by atoms with van der Waals surface area (Å²) < 4.78 is 25.1. The third kappa shape index (κ3) is 7.47. The van der Waals surface area contributed by atoms with Crippen molar-refractivity contribution in [2.45, 2.75) is 38.3 Å². The fraction of sp³-hybridized carbons (Fsp3) is 0.423. The Morgan fingerprint density at radius 3 is 2.87 bits per heavy atom. The van der Waals surface area contributed by atoms with Gasteiger partial charge in [0.1, 0.15) is 24.1 Å². The Kier molecular flexibility index (Phi) is 9.78. The molecule has 1 saturated heterocycles. The maximum Gasteiger partial charge on any atom is 0.338 e. The van der Waals surface area contributed by atoms with E-state index in [9.17, 15) is 18.8 Å². The van der Waals surface area contributed by atoms with Crippen LogP contribution >= 0.6 is 22.9 Å². The van der Waals surface area contributed by atoms with E-state index in [0.717, 1.165) is 0 Å². The number of carboxylic acid groups (broad SMARTS) is 1. The Balaban J connectivity index is 1.64. The van der Waals surface area contributed by atoms with Gasteiger partial charge in [0.25, 0.3) is 0 Å². The number of amidine groups is 1. The fourth-order valence-electron chi connectivity index (χ4n) is 4.47. The van der Waals surface area contributed by atoms with Crippen LogP contribution in [0, 0.1) is 5.82 Å². The number of hydrogen-bond acceptors (Lipinski definition) is 10. The lowest BCUT2D eigenvalue weighted by Gasteiger charge is -2.35. The Labute approximate surface area is 233 Å². The number of thiazole rings is 1. The summed E-state index contributed by atoms with van der Waals surface area (Å²) in [6.07, 6.45) is 1.35. The lowest BCUT2D eigenvalue weighted by atomic mass is 9.95. The Morgan fingerprint density at radius 2 is 2.18 bits per heavy atom. The van der Waals surface area contributed by atoms with Gasteiger partial charge in [-0.2, -0.15) is 0 Å². The number of Topliss-reactive ketones (excluding diaryl/α,β-unsaturated/α-hetero) is 1. The number of carboxylic acids is 1. The van der Waals surface area contributed by atoms with Gasteiger partial charge in [-0.3, -0.25) is 19.5 Å². The molecule has 13 heteroatoms. The van der Waals surface area contributed by atoms with Crippen molar-refractivity contribution in [1.29, 1.82) is 0 Å². The summed E-state index contributed by atoms with van der Waals surface area (Å²) in [5, 5.41) is 14.6. The molecule has 4 rings (SSSR count). The van der Waals surface area contributed by atoms with Crippen LogP contribution in [0.25, 0.3) is 0 Å². The number of nitrogens with zero attached hydrogens (tertiary/aromatic N) is 3. The fourth-order valence-corrected chi connectivity index (χ4v) is 5.33. The number of carbonyl (C=O) groups is 3. The van der Waals surface area contributed by atoms with Gasteiger partial charge in [0, 0.05) is 53.9 Å². The molecular formula is C26H28ClFN4O6S. The molecular weight excluding hydrogens is 551 g/mol. The molecule has 3 heterocycles. The minimum atomic E-state index is -1.15. The highest BCUT2D eigenvalue weighted by Crippen LogP contribution is 2.37. The predicted molar refractivity (Wildman–Crippen MR) is 142 cm³/mol. The van der Waals surface area contributed by atoms with Gasteiger partial charge in [-0.1, -0.05) is 17.7 Å². The highest BCUT2D eigenvalue weighted by Gasteiger charge is 2.35. The zero-order valence-electron chi connectivity index (χ0n) is 21.2. The molecule has 0 amide bonds. The van der Waals surface area contributed by atoms with Crippen LogP contribution in [-0.2, 0) is 23.9 Å². The van der Waals surface area contributed by atoms with Crippen LogP contribution in [-0.4, -0.2) is 77.5 Å². The van der Waals surface area contributed by atoms with Crippen molar-refractivity contribution in [2.75, 3.05) is 32.8 Å². The minimum absolute atomic E-state index is 0.103. The average molecular weight is 579 g/mol. The van der Waals surface area contributed by atoms with Crippen molar-refractivity contribution in [3.63, 3.8) is 0 Å². The van der Waals surface area contributed by atoms with Crippen molar-refractivity contribution < 1.29 is 33.4 Å². The number of esters is 1. The first-order valence-electron chi connectivity index (χ1n) is 12.4. The first-order chi connectivity index (χ1) is 18.7. The normalized spacial score (nSPS) is 19.8. The van der Waals surface area contributed by atoms with Crippen LogP contribution in [0.1, 0.15) is 42.8 Å². The van der Waals surface area contributed by atoms with Gasteiger partial charge >= 0.3 is 11.9 Å². The van der Waals surface area contributed by atoms with E-state index in [1.807, 2.05) is 5.38 Å². The molecule has 0 aliphatic carbocycles. The molecule has 208 valence electrons. The summed E-state index contributed by atoms with van der Waals surface area (Å²) in [7, 11) is 0. The molecule has 2 N–H and O–H groups in total. The second-order valence-corrected chi connectivity index (χ2v) is 10.3. The highest BCUT2D eigenvalue weighted by molar-refractivity contribution is 7.11. The predicted octanol–water partition coefficient (Wildman–Crippen LogP) is 3.37. The van der Waals surface area contributed by atoms with Crippen molar-refractivity contribution in [3.8, 4) is 0 Å². The molecule has 0 saturated carbocycles. The van der Waals surface area contributed by atoms with Gasteiger partial charge in [-0.05, 0) is 25.5 Å². The number of aromatic nitrogens is 1. The quantitative estimate of drug-likeness (QED) is 0.304. The number of rotatable bonds is 11. The van der Waals surface area contributed by atoms with Crippen LogP contribution in [0.15, 0.2) is 46.0 Å². The van der Waals surface area contributed by atoms with E-state index in [0.29, 0.717) is 54.8 Å². The third-order valence-corrected chi connectivity index (χ3v) is 7.32.